The first-order chi connectivity index (χ1) is 8.00. The molecular weight excluding hydrogens is 214 g/mol. The van der Waals surface area contributed by atoms with Crippen molar-refractivity contribution in [2.45, 2.75) is 27.3 Å². The molecule has 0 unspecified atom stereocenters. The second kappa shape index (κ2) is 6.21. The number of benzene rings is 1. The fourth-order valence-corrected chi connectivity index (χ4v) is 1.66. The first-order valence-electron chi connectivity index (χ1n) is 5.67. The van der Waals surface area contributed by atoms with Crippen LogP contribution in [0.5, 0.6) is 0 Å². The van der Waals surface area contributed by atoms with Crippen LogP contribution >= 0.6 is 0 Å². The SMILES string of the molecule is Cc1cc(C)c(CNC/C=C/C(=O)O)cc1C. The monoisotopic (exact) mass is 233 g/mol. The fourth-order valence-electron chi connectivity index (χ4n) is 1.66. The molecule has 3 nitrogen and oxygen atoms in total. The third kappa shape index (κ3) is 4.41. The van der Waals surface area contributed by atoms with E-state index in [0.717, 1.165) is 12.6 Å². The van der Waals surface area contributed by atoms with Crippen LogP contribution in [0.3, 0.4) is 0 Å². The van der Waals surface area contributed by atoms with Crippen molar-refractivity contribution < 1.29 is 9.90 Å². The summed E-state index contributed by atoms with van der Waals surface area (Å²) in [7, 11) is 0. The number of nitrogens with one attached hydrogen (secondary N) is 1. The van der Waals surface area contributed by atoms with E-state index in [1.54, 1.807) is 6.08 Å². The van der Waals surface area contributed by atoms with Crippen LogP contribution in [0.1, 0.15) is 22.3 Å². The van der Waals surface area contributed by atoms with Crippen molar-refractivity contribution in [3.8, 4) is 0 Å². The van der Waals surface area contributed by atoms with Gasteiger partial charge in [0.1, 0.15) is 0 Å². The van der Waals surface area contributed by atoms with Crippen molar-refractivity contribution in [1.29, 1.82) is 0 Å². The van der Waals surface area contributed by atoms with Crippen molar-refractivity contribution in [3.63, 3.8) is 0 Å². The topological polar surface area (TPSA) is 49.3 Å². The number of carboxylic acid groups (broad SMARTS) is 1. The van der Waals surface area contributed by atoms with Crippen molar-refractivity contribution in [2.75, 3.05) is 6.54 Å². The average molecular weight is 233 g/mol. The van der Waals surface area contributed by atoms with E-state index in [2.05, 4.69) is 38.2 Å². The molecule has 0 saturated heterocycles. The van der Waals surface area contributed by atoms with Crippen LogP contribution in [-0.2, 0) is 11.3 Å². The highest BCUT2D eigenvalue weighted by Crippen LogP contribution is 2.14. The van der Waals surface area contributed by atoms with Crippen LogP contribution in [0.4, 0.5) is 0 Å². The predicted molar refractivity (Wildman–Crippen MR) is 69.1 cm³/mol. The molecule has 0 atom stereocenters. The minimum atomic E-state index is -0.908. The Hall–Kier alpha value is -1.61. The molecule has 0 aromatic heterocycles. The second-order valence-corrected chi connectivity index (χ2v) is 4.23. The third-order valence-corrected chi connectivity index (χ3v) is 2.79. The summed E-state index contributed by atoms with van der Waals surface area (Å²) in [6, 6.07) is 4.36. The van der Waals surface area contributed by atoms with E-state index in [9.17, 15) is 4.79 Å². The van der Waals surface area contributed by atoms with Gasteiger partial charge in [-0.15, -0.1) is 0 Å². The van der Waals surface area contributed by atoms with Crippen LogP contribution in [0.2, 0.25) is 0 Å². The number of carboxylic acids is 1. The lowest BCUT2D eigenvalue weighted by Crippen LogP contribution is -2.14. The molecule has 3 heteroatoms. The third-order valence-electron chi connectivity index (χ3n) is 2.79. The standard InChI is InChI=1S/C14H19NO2/c1-10-7-12(3)13(8-11(10)2)9-15-6-4-5-14(16)17/h4-5,7-8,15H,6,9H2,1-3H3,(H,16,17)/b5-4+. The predicted octanol–water partition coefficient (Wildman–Crippen LogP) is 2.34. The van der Waals surface area contributed by atoms with E-state index in [4.69, 9.17) is 5.11 Å². The number of hydrogen-bond acceptors (Lipinski definition) is 2. The summed E-state index contributed by atoms with van der Waals surface area (Å²) in [6.45, 7) is 7.63. The molecule has 0 fully saturated rings. The Labute approximate surface area is 102 Å². The van der Waals surface area contributed by atoms with Gasteiger partial charge in [0.2, 0.25) is 0 Å². The number of hydrogen-bond donors (Lipinski definition) is 2. The van der Waals surface area contributed by atoms with Crippen LogP contribution < -0.4 is 5.32 Å². The molecule has 0 aliphatic heterocycles. The molecule has 92 valence electrons. The maximum absolute atomic E-state index is 10.3. The summed E-state index contributed by atoms with van der Waals surface area (Å²) in [6.07, 6.45) is 2.76. The summed E-state index contributed by atoms with van der Waals surface area (Å²) in [5.41, 5.74) is 5.12. The lowest BCUT2D eigenvalue weighted by molar-refractivity contribution is -0.131. The minimum absolute atomic E-state index is 0.568. The average Bonchev–Trinajstić information content (AvgIpc) is 2.24. The van der Waals surface area contributed by atoms with Gasteiger partial charge in [0.15, 0.2) is 0 Å². The molecule has 1 aromatic carbocycles. The van der Waals surface area contributed by atoms with Crippen molar-refractivity contribution in [2.24, 2.45) is 0 Å². The van der Waals surface area contributed by atoms with Crippen molar-refractivity contribution >= 4 is 5.97 Å². The fraction of sp³-hybridized carbons (Fsp3) is 0.357. The molecule has 17 heavy (non-hydrogen) atoms. The van der Waals surface area contributed by atoms with Gasteiger partial charge < -0.3 is 10.4 Å². The van der Waals surface area contributed by atoms with Crippen molar-refractivity contribution in [1.82, 2.24) is 5.32 Å². The Morgan fingerprint density at radius 2 is 1.88 bits per heavy atom. The molecule has 0 bridgehead atoms. The van der Waals surface area contributed by atoms with Gasteiger partial charge >= 0.3 is 5.97 Å². The normalized spacial score (nSPS) is 11.0. The molecule has 2 N–H and O–H groups in total. The van der Waals surface area contributed by atoms with E-state index in [1.807, 2.05) is 0 Å². The van der Waals surface area contributed by atoms with Gasteiger partial charge in [-0.25, -0.2) is 4.79 Å². The van der Waals surface area contributed by atoms with E-state index in [-0.39, 0.29) is 0 Å². The lowest BCUT2D eigenvalue weighted by atomic mass is 10.0. The summed E-state index contributed by atoms with van der Waals surface area (Å²) in [5, 5.41) is 11.6. The summed E-state index contributed by atoms with van der Waals surface area (Å²) < 4.78 is 0. The Kier molecular flexibility index (Phi) is 4.91. The van der Waals surface area contributed by atoms with E-state index < -0.39 is 5.97 Å². The molecule has 0 saturated carbocycles. The quantitative estimate of drug-likeness (QED) is 0.606. The van der Waals surface area contributed by atoms with Crippen LogP contribution in [0.15, 0.2) is 24.3 Å². The highest BCUT2D eigenvalue weighted by atomic mass is 16.4. The van der Waals surface area contributed by atoms with Gasteiger partial charge in [-0.3, -0.25) is 0 Å². The van der Waals surface area contributed by atoms with Gasteiger partial charge in [-0.2, -0.15) is 0 Å². The molecule has 0 radical (unpaired) electrons. The van der Waals surface area contributed by atoms with Gasteiger partial charge in [-0.1, -0.05) is 18.2 Å². The maximum Gasteiger partial charge on any atom is 0.328 e. The number of aliphatic carboxylic acids is 1. The summed E-state index contributed by atoms with van der Waals surface area (Å²) >= 11 is 0. The largest absolute Gasteiger partial charge is 0.478 e. The highest BCUT2D eigenvalue weighted by molar-refractivity contribution is 5.79. The number of rotatable bonds is 5. The Morgan fingerprint density at radius 3 is 2.53 bits per heavy atom. The molecule has 0 aliphatic rings. The van der Waals surface area contributed by atoms with Crippen molar-refractivity contribution in [3.05, 3.63) is 46.5 Å². The van der Waals surface area contributed by atoms with E-state index >= 15 is 0 Å². The first-order valence-corrected chi connectivity index (χ1v) is 5.67. The first kappa shape index (κ1) is 13.5. The van der Waals surface area contributed by atoms with Crippen LogP contribution in [-0.4, -0.2) is 17.6 Å². The molecule has 1 rings (SSSR count). The highest BCUT2D eigenvalue weighted by Gasteiger charge is 2.00. The second-order valence-electron chi connectivity index (χ2n) is 4.23. The Morgan fingerprint density at radius 1 is 1.24 bits per heavy atom. The molecular formula is C14H19NO2. The van der Waals surface area contributed by atoms with E-state index in [0.29, 0.717) is 6.54 Å². The molecule has 0 heterocycles. The van der Waals surface area contributed by atoms with Crippen LogP contribution in [0.25, 0.3) is 0 Å². The zero-order valence-electron chi connectivity index (χ0n) is 10.6. The number of aryl methyl sites for hydroxylation is 3. The minimum Gasteiger partial charge on any atom is -0.478 e. The smallest absolute Gasteiger partial charge is 0.328 e. The van der Waals surface area contributed by atoms with Gasteiger partial charge in [0.25, 0.3) is 0 Å². The lowest BCUT2D eigenvalue weighted by Gasteiger charge is -2.10. The summed E-state index contributed by atoms with van der Waals surface area (Å²) in [4.78, 5) is 10.3. The van der Waals surface area contributed by atoms with Gasteiger partial charge in [0.05, 0.1) is 0 Å². The Bertz CT molecular complexity index is 436. The molecule has 0 aliphatic carbocycles. The van der Waals surface area contributed by atoms with Gasteiger partial charge in [-0.05, 0) is 43.0 Å². The Balaban J connectivity index is 2.52. The zero-order chi connectivity index (χ0) is 12.8. The zero-order valence-corrected chi connectivity index (χ0v) is 10.6. The maximum atomic E-state index is 10.3. The molecule has 1 aromatic rings. The summed E-state index contributed by atoms with van der Waals surface area (Å²) in [5.74, 6) is -0.908. The molecule has 0 spiro atoms. The number of carbonyl (C=O) groups is 1. The van der Waals surface area contributed by atoms with Gasteiger partial charge in [0, 0.05) is 19.2 Å². The van der Waals surface area contributed by atoms with Crippen LogP contribution in [0, 0.1) is 20.8 Å². The van der Waals surface area contributed by atoms with E-state index in [1.165, 1.54) is 22.3 Å². The molecule has 0 amide bonds.